The zero-order valence-corrected chi connectivity index (χ0v) is 11.8. The first-order chi connectivity index (χ1) is 10.2. The third-order valence-corrected chi connectivity index (χ3v) is 3.47. The topological polar surface area (TPSA) is 55.2 Å². The Morgan fingerprint density at radius 1 is 1.24 bits per heavy atom. The highest BCUT2D eigenvalue weighted by Gasteiger charge is 2.30. The molecule has 0 radical (unpaired) electrons. The maximum atomic E-state index is 13.1. The number of hydrogen-bond acceptors (Lipinski definition) is 4. The summed E-state index contributed by atoms with van der Waals surface area (Å²) in [5.41, 5.74) is 2.87. The summed E-state index contributed by atoms with van der Waals surface area (Å²) in [6.07, 6.45) is 2.14. The normalized spacial score (nSPS) is 14.2. The van der Waals surface area contributed by atoms with Gasteiger partial charge in [0.1, 0.15) is 11.5 Å². The number of rotatable bonds is 5. The molecule has 0 amide bonds. The average molecular weight is 288 g/mol. The zero-order chi connectivity index (χ0) is 14.8. The predicted octanol–water partition coefficient (Wildman–Crippen LogP) is 3.05. The number of halogens is 1. The molecule has 1 heterocycles. The van der Waals surface area contributed by atoms with E-state index in [2.05, 4.69) is 9.97 Å². The first kappa shape index (κ1) is 13.9. The van der Waals surface area contributed by atoms with Crippen molar-refractivity contribution in [1.82, 2.24) is 9.97 Å². The van der Waals surface area contributed by atoms with Crippen LogP contribution in [-0.4, -0.2) is 21.7 Å². The monoisotopic (exact) mass is 288 g/mol. The molecule has 5 heteroatoms. The van der Waals surface area contributed by atoms with Gasteiger partial charge in [0.05, 0.1) is 24.6 Å². The molecule has 0 spiro atoms. The van der Waals surface area contributed by atoms with Crippen LogP contribution in [-0.2, 0) is 6.61 Å². The summed E-state index contributed by atoms with van der Waals surface area (Å²) in [5.74, 6) is 0.443. The van der Waals surface area contributed by atoms with Crippen LogP contribution >= 0.6 is 0 Å². The highest BCUT2D eigenvalue weighted by molar-refractivity contribution is 5.63. The minimum atomic E-state index is -0.281. The Balaban J connectivity index is 2.11. The predicted molar refractivity (Wildman–Crippen MR) is 76.5 cm³/mol. The fourth-order valence-corrected chi connectivity index (χ4v) is 2.29. The zero-order valence-electron chi connectivity index (χ0n) is 11.8. The molecular formula is C16H17FN2O2. The minimum absolute atomic E-state index is 0.203. The van der Waals surface area contributed by atoms with Crippen LogP contribution in [0.5, 0.6) is 5.88 Å². The van der Waals surface area contributed by atoms with Crippen molar-refractivity contribution < 1.29 is 14.2 Å². The molecule has 1 fully saturated rings. The lowest BCUT2D eigenvalue weighted by Gasteiger charge is -2.13. The lowest BCUT2D eigenvalue weighted by atomic mass is 10.1. The van der Waals surface area contributed by atoms with Gasteiger partial charge in [0.25, 0.3) is 0 Å². The van der Waals surface area contributed by atoms with Gasteiger partial charge in [-0.15, -0.1) is 0 Å². The molecule has 1 N–H and O–H groups in total. The standard InChI is InChI=1S/C16H17FN2O2/c1-2-21-16-13(9-20)18-14(10-3-4-10)15(19-16)11-5-7-12(17)8-6-11/h5-8,10,20H,2-4,9H2,1H3. The number of aromatic nitrogens is 2. The maximum Gasteiger partial charge on any atom is 0.238 e. The SMILES string of the molecule is CCOc1nc(-c2ccc(F)cc2)c(C2CC2)nc1CO. The number of ether oxygens (including phenoxy) is 1. The summed E-state index contributed by atoms with van der Waals surface area (Å²) in [7, 11) is 0. The van der Waals surface area contributed by atoms with Crippen LogP contribution in [0.25, 0.3) is 11.3 Å². The lowest BCUT2D eigenvalue weighted by molar-refractivity contribution is 0.256. The van der Waals surface area contributed by atoms with Crippen LogP contribution < -0.4 is 4.74 Å². The second-order valence-corrected chi connectivity index (χ2v) is 5.08. The molecule has 1 aromatic heterocycles. The van der Waals surface area contributed by atoms with Crippen LogP contribution in [0.3, 0.4) is 0 Å². The van der Waals surface area contributed by atoms with E-state index in [-0.39, 0.29) is 12.4 Å². The Labute approximate surface area is 122 Å². The third-order valence-electron chi connectivity index (χ3n) is 3.47. The number of hydrogen-bond donors (Lipinski definition) is 1. The Hall–Kier alpha value is -2.01. The van der Waals surface area contributed by atoms with E-state index in [4.69, 9.17) is 4.74 Å². The summed E-state index contributed by atoms with van der Waals surface area (Å²) in [5, 5.41) is 9.44. The van der Waals surface area contributed by atoms with Crippen molar-refractivity contribution >= 4 is 0 Å². The van der Waals surface area contributed by atoms with Gasteiger partial charge in [0, 0.05) is 11.5 Å². The van der Waals surface area contributed by atoms with Gasteiger partial charge >= 0.3 is 0 Å². The molecule has 110 valence electrons. The molecular weight excluding hydrogens is 271 g/mol. The highest BCUT2D eigenvalue weighted by atomic mass is 19.1. The Morgan fingerprint density at radius 3 is 2.52 bits per heavy atom. The van der Waals surface area contributed by atoms with Gasteiger partial charge in [-0.05, 0) is 44.0 Å². The van der Waals surface area contributed by atoms with Gasteiger partial charge in [0.2, 0.25) is 5.88 Å². The van der Waals surface area contributed by atoms with Gasteiger partial charge in [0.15, 0.2) is 0 Å². The fraction of sp³-hybridized carbons (Fsp3) is 0.375. The van der Waals surface area contributed by atoms with Gasteiger partial charge in [-0.25, -0.2) is 14.4 Å². The van der Waals surface area contributed by atoms with Crippen molar-refractivity contribution in [2.45, 2.75) is 32.3 Å². The second-order valence-electron chi connectivity index (χ2n) is 5.08. The van der Waals surface area contributed by atoms with Crippen LogP contribution in [0.15, 0.2) is 24.3 Å². The highest BCUT2D eigenvalue weighted by Crippen LogP contribution is 2.43. The summed E-state index contributed by atoms with van der Waals surface area (Å²) >= 11 is 0. The first-order valence-electron chi connectivity index (χ1n) is 7.13. The molecule has 2 aromatic rings. The van der Waals surface area contributed by atoms with Crippen LogP contribution in [0.4, 0.5) is 4.39 Å². The van der Waals surface area contributed by atoms with Crippen LogP contribution in [0.2, 0.25) is 0 Å². The summed E-state index contributed by atoms with van der Waals surface area (Å²) < 4.78 is 18.6. The van der Waals surface area contributed by atoms with E-state index >= 15 is 0 Å². The quantitative estimate of drug-likeness (QED) is 0.918. The molecule has 1 aliphatic rings. The Kier molecular flexibility index (Phi) is 3.84. The number of benzene rings is 1. The number of aliphatic hydroxyl groups is 1. The average Bonchev–Trinajstić information content (AvgIpc) is 3.33. The van der Waals surface area contributed by atoms with Gasteiger partial charge in [-0.1, -0.05) is 0 Å². The number of nitrogens with zero attached hydrogens (tertiary/aromatic N) is 2. The van der Waals surface area contributed by atoms with Crippen molar-refractivity contribution in [2.75, 3.05) is 6.61 Å². The third kappa shape index (κ3) is 2.88. The molecule has 1 aromatic carbocycles. The summed E-state index contributed by atoms with van der Waals surface area (Å²) in [4.78, 5) is 9.07. The fourth-order valence-electron chi connectivity index (χ4n) is 2.29. The molecule has 0 atom stereocenters. The van der Waals surface area contributed by atoms with E-state index in [0.717, 1.165) is 29.8 Å². The van der Waals surface area contributed by atoms with Gasteiger partial charge < -0.3 is 9.84 Å². The molecule has 3 rings (SSSR count). The molecule has 1 aliphatic carbocycles. The Bertz CT molecular complexity index is 639. The van der Waals surface area contributed by atoms with Crippen LogP contribution in [0, 0.1) is 5.82 Å². The molecule has 0 unspecified atom stereocenters. The van der Waals surface area contributed by atoms with E-state index < -0.39 is 0 Å². The van der Waals surface area contributed by atoms with Gasteiger partial charge in [-0.2, -0.15) is 0 Å². The van der Waals surface area contributed by atoms with E-state index in [0.29, 0.717) is 24.1 Å². The van der Waals surface area contributed by atoms with Crippen molar-refractivity contribution in [2.24, 2.45) is 0 Å². The minimum Gasteiger partial charge on any atom is -0.477 e. The van der Waals surface area contributed by atoms with E-state index in [1.165, 1.54) is 12.1 Å². The van der Waals surface area contributed by atoms with E-state index in [1.807, 2.05) is 6.92 Å². The largest absolute Gasteiger partial charge is 0.477 e. The molecule has 1 saturated carbocycles. The molecule has 0 bridgehead atoms. The first-order valence-corrected chi connectivity index (χ1v) is 7.13. The molecule has 4 nitrogen and oxygen atoms in total. The van der Waals surface area contributed by atoms with Crippen molar-refractivity contribution in [1.29, 1.82) is 0 Å². The molecule has 0 aliphatic heterocycles. The van der Waals surface area contributed by atoms with E-state index in [1.54, 1.807) is 12.1 Å². The maximum absolute atomic E-state index is 13.1. The Morgan fingerprint density at radius 2 is 1.95 bits per heavy atom. The smallest absolute Gasteiger partial charge is 0.238 e. The summed E-state index contributed by atoms with van der Waals surface area (Å²) in [6, 6.07) is 6.21. The second kappa shape index (κ2) is 5.77. The van der Waals surface area contributed by atoms with Crippen molar-refractivity contribution in [3.05, 3.63) is 41.5 Å². The summed E-state index contributed by atoms with van der Waals surface area (Å²) in [6.45, 7) is 2.11. The van der Waals surface area contributed by atoms with Crippen LogP contribution in [0.1, 0.15) is 37.1 Å². The van der Waals surface area contributed by atoms with Gasteiger partial charge in [-0.3, -0.25) is 0 Å². The van der Waals surface area contributed by atoms with E-state index in [9.17, 15) is 9.50 Å². The van der Waals surface area contributed by atoms with Crippen molar-refractivity contribution in [3.63, 3.8) is 0 Å². The molecule has 21 heavy (non-hydrogen) atoms. The number of aliphatic hydroxyl groups excluding tert-OH is 1. The lowest BCUT2D eigenvalue weighted by Crippen LogP contribution is -2.07. The van der Waals surface area contributed by atoms with Crippen molar-refractivity contribution in [3.8, 4) is 17.1 Å². The molecule has 0 saturated heterocycles.